The maximum absolute atomic E-state index is 4.63. The van der Waals surface area contributed by atoms with Crippen molar-refractivity contribution in [1.82, 2.24) is 9.62 Å². The Labute approximate surface area is 100 Å². The number of hydrogen-bond donors (Lipinski definition) is 2. The Balaban J connectivity index is 2.75. The first-order valence-corrected chi connectivity index (χ1v) is 6.29. The molecule has 0 atom stereocenters. The summed E-state index contributed by atoms with van der Waals surface area (Å²) in [5, 5.41) is 3.70. The van der Waals surface area contributed by atoms with E-state index in [2.05, 4.69) is 64.0 Å². The molecule has 0 aromatic heterocycles. The molecule has 0 saturated carbocycles. The Morgan fingerprint density at radius 3 is 1.87 bits per heavy atom. The van der Waals surface area contributed by atoms with Crippen LogP contribution in [0.3, 0.4) is 0 Å². The van der Waals surface area contributed by atoms with Gasteiger partial charge >= 0.3 is 0 Å². The lowest BCUT2D eigenvalue weighted by Gasteiger charge is -2.49. The molecule has 0 aliphatic carbocycles. The van der Waals surface area contributed by atoms with Crippen LogP contribution in [-0.2, 0) is 0 Å². The van der Waals surface area contributed by atoms with Gasteiger partial charge in [0, 0.05) is 23.2 Å². The predicted molar refractivity (Wildman–Crippen MR) is 70.3 cm³/mol. The van der Waals surface area contributed by atoms with Gasteiger partial charge in [-0.2, -0.15) is 0 Å². The van der Waals surface area contributed by atoms with E-state index in [1.165, 1.54) is 0 Å². The standard InChI is InChI=1S/C12H26N2S/c1-9(2)14(15)10-7-11(3,4)13-12(5,6)8-10/h9-10,13,15H,7-8H2,1-6H3. The predicted octanol–water partition coefficient (Wildman–Crippen LogP) is 2.85. The van der Waals surface area contributed by atoms with Gasteiger partial charge in [0.15, 0.2) is 0 Å². The SMILES string of the molecule is CC(C)N(S)C1CC(C)(C)NC(C)(C)C1. The van der Waals surface area contributed by atoms with E-state index in [1.54, 1.807) is 0 Å². The molecule has 1 fully saturated rings. The lowest BCUT2D eigenvalue weighted by molar-refractivity contribution is 0.104. The Hall–Kier alpha value is 0.270. The van der Waals surface area contributed by atoms with E-state index in [0.29, 0.717) is 12.1 Å². The van der Waals surface area contributed by atoms with Gasteiger partial charge in [-0.1, -0.05) is 12.8 Å². The summed E-state index contributed by atoms with van der Waals surface area (Å²) in [6.07, 6.45) is 2.33. The molecule has 0 aromatic rings. The van der Waals surface area contributed by atoms with Gasteiger partial charge in [0.25, 0.3) is 0 Å². The topological polar surface area (TPSA) is 15.3 Å². The molecule has 90 valence electrons. The summed E-state index contributed by atoms with van der Waals surface area (Å²) in [5.41, 5.74) is 0.421. The van der Waals surface area contributed by atoms with Gasteiger partial charge in [-0.15, -0.1) is 0 Å². The fourth-order valence-electron chi connectivity index (χ4n) is 2.88. The molecular formula is C12H26N2S. The van der Waals surface area contributed by atoms with Crippen LogP contribution in [0.4, 0.5) is 0 Å². The highest BCUT2D eigenvalue weighted by Gasteiger charge is 2.39. The van der Waals surface area contributed by atoms with Gasteiger partial charge in [-0.05, 0) is 54.4 Å². The molecule has 0 unspecified atom stereocenters. The molecule has 0 bridgehead atoms. The molecule has 1 saturated heterocycles. The van der Waals surface area contributed by atoms with Crippen molar-refractivity contribution in [2.45, 2.75) is 77.5 Å². The minimum absolute atomic E-state index is 0.211. The third-order valence-electron chi connectivity index (χ3n) is 3.07. The van der Waals surface area contributed by atoms with E-state index in [0.717, 1.165) is 12.8 Å². The van der Waals surface area contributed by atoms with Crippen molar-refractivity contribution in [2.24, 2.45) is 0 Å². The van der Waals surface area contributed by atoms with Crippen molar-refractivity contribution in [3.05, 3.63) is 0 Å². The number of piperidine rings is 1. The van der Waals surface area contributed by atoms with Crippen molar-refractivity contribution in [1.29, 1.82) is 0 Å². The molecule has 0 radical (unpaired) electrons. The molecule has 1 aliphatic rings. The highest BCUT2D eigenvalue weighted by atomic mass is 32.1. The summed E-state index contributed by atoms with van der Waals surface area (Å²) in [6, 6.07) is 1.07. The molecule has 1 N–H and O–H groups in total. The van der Waals surface area contributed by atoms with Crippen LogP contribution in [0.2, 0.25) is 0 Å². The van der Waals surface area contributed by atoms with Gasteiger partial charge < -0.3 is 5.32 Å². The Morgan fingerprint density at radius 1 is 1.13 bits per heavy atom. The van der Waals surface area contributed by atoms with Crippen molar-refractivity contribution in [3.63, 3.8) is 0 Å². The average molecular weight is 230 g/mol. The largest absolute Gasteiger partial charge is 0.307 e. The molecule has 0 spiro atoms. The second-order valence-electron chi connectivity index (χ2n) is 6.43. The lowest BCUT2D eigenvalue weighted by Crippen LogP contribution is -2.61. The van der Waals surface area contributed by atoms with Crippen LogP contribution in [0.1, 0.15) is 54.4 Å². The van der Waals surface area contributed by atoms with Gasteiger partial charge in [0.1, 0.15) is 0 Å². The van der Waals surface area contributed by atoms with Crippen LogP contribution in [0.5, 0.6) is 0 Å². The Bertz CT molecular complexity index is 208. The molecule has 15 heavy (non-hydrogen) atoms. The number of hydrogen-bond acceptors (Lipinski definition) is 3. The zero-order valence-corrected chi connectivity index (χ0v) is 11.9. The van der Waals surface area contributed by atoms with Crippen molar-refractivity contribution in [3.8, 4) is 0 Å². The lowest BCUT2D eigenvalue weighted by atomic mass is 9.79. The maximum atomic E-state index is 4.63. The van der Waals surface area contributed by atoms with Gasteiger partial charge in [-0.3, -0.25) is 0 Å². The first-order valence-electron chi connectivity index (χ1n) is 5.89. The average Bonchev–Trinajstić information content (AvgIpc) is 1.96. The van der Waals surface area contributed by atoms with E-state index in [9.17, 15) is 0 Å². The molecule has 0 aromatic carbocycles. The fourth-order valence-corrected chi connectivity index (χ4v) is 3.04. The van der Waals surface area contributed by atoms with Crippen LogP contribution in [0.15, 0.2) is 0 Å². The summed E-state index contributed by atoms with van der Waals surface area (Å²) in [4.78, 5) is 0. The number of rotatable bonds is 2. The zero-order valence-electron chi connectivity index (χ0n) is 11.0. The number of thiol groups is 1. The van der Waals surface area contributed by atoms with Crippen molar-refractivity contribution in [2.75, 3.05) is 0 Å². The molecule has 1 heterocycles. The van der Waals surface area contributed by atoms with Crippen molar-refractivity contribution >= 4 is 12.8 Å². The minimum Gasteiger partial charge on any atom is -0.307 e. The maximum Gasteiger partial charge on any atom is 0.0237 e. The van der Waals surface area contributed by atoms with E-state index < -0.39 is 0 Å². The molecular weight excluding hydrogens is 204 g/mol. The minimum atomic E-state index is 0.211. The van der Waals surface area contributed by atoms with Crippen LogP contribution < -0.4 is 5.32 Å². The van der Waals surface area contributed by atoms with E-state index in [4.69, 9.17) is 0 Å². The Morgan fingerprint density at radius 2 is 1.53 bits per heavy atom. The molecule has 1 rings (SSSR count). The van der Waals surface area contributed by atoms with E-state index in [-0.39, 0.29) is 11.1 Å². The second kappa shape index (κ2) is 4.27. The normalized spacial score (nSPS) is 26.2. The number of nitrogens with one attached hydrogen (secondary N) is 1. The van der Waals surface area contributed by atoms with Crippen LogP contribution in [0.25, 0.3) is 0 Å². The molecule has 1 aliphatic heterocycles. The first kappa shape index (κ1) is 13.3. The summed E-state index contributed by atoms with van der Waals surface area (Å²) in [5.74, 6) is 0. The first-order chi connectivity index (χ1) is 6.63. The highest BCUT2D eigenvalue weighted by Crippen LogP contribution is 2.32. The van der Waals surface area contributed by atoms with Gasteiger partial charge in [0.2, 0.25) is 0 Å². The third-order valence-corrected chi connectivity index (χ3v) is 3.86. The smallest absolute Gasteiger partial charge is 0.0237 e. The highest BCUT2D eigenvalue weighted by molar-refractivity contribution is 7.77. The fraction of sp³-hybridized carbons (Fsp3) is 1.00. The quantitative estimate of drug-likeness (QED) is 0.709. The summed E-state index contributed by atoms with van der Waals surface area (Å²) in [7, 11) is 0. The monoisotopic (exact) mass is 230 g/mol. The summed E-state index contributed by atoms with van der Waals surface area (Å²) < 4.78 is 2.21. The van der Waals surface area contributed by atoms with Gasteiger partial charge in [0.05, 0.1) is 0 Å². The van der Waals surface area contributed by atoms with E-state index >= 15 is 0 Å². The molecule has 3 heteroatoms. The van der Waals surface area contributed by atoms with Crippen LogP contribution in [0, 0.1) is 0 Å². The zero-order chi connectivity index (χ0) is 11.9. The summed E-state index contributed by atoms with van der Waals surface area (Å²) >= 11 is 4.63. The Kier molecular flexibility index (Phi) is 3.79. The summed E-state index contributed by atoms with van der Waals surface area (Å²) in [6.45, 7) is 13.5. The van der Waals surface area contributed by atoms with Crippen LogP contribution in [-0.4, -0.2) is 27.5 Å². The van der Waals surface area contributed by atoms with E-state index in [1.807, 2.05) is 0 Å². The molecule has 2 nitrogen and oxygen atoms in total. The van der Waals surface area contributed by atoms with Gasteiger partial charge in [-0.25, -0.2) is 4.31 Å². The number of nitrogens with zero attached hydrogens (tertiary/aromatic N) is 1. The molecule has 0 amide bonds. The van der Waals surface area contributed by atoms with Crippen molar-refractivity contribution < 1.29 is 0 Å². The third kappa shape index (κ3) is 3.65. The van der Waals surface area contributed by atoms with Crippen LogP contribution >= 0.6 is 12.8 Å². The second-order valence-corrected chi connectivity index (χ2v) is 6.89.